The van der Waals surface area contributed by atoms with Gasteiger partial charge in [0.2, 0.25) is 0 Å². The van der Waals surface area contributed by atoms with E-state index in [2.05, 4.69) is 13.8 Å². The summed E-state index contributed by atoms with van der Waals surface area (Å²) in [6.07, 6.45) is 4.54. The van der Waals surface area contributed by atoms with Crippen molar-refractivity contribution in [3.63, 3.8) is 0 Å². The van der Waals surface area contributed by atoms with Gasteiger partial charge in [0.15, 0.2) is 0 Å². The number of carbonyl (C=O) groups is 1. The van der Waals surface area contributed by atoms with Gasteiger partial charge in [0, 0.05) is 6.61 Å². The number of carbonyl (C=O) groups excluding carboxylic acids is 1. The van der Waals surface area contributed by atoms with Crippen LogP contribution >= 0.6 is 0 Å². The molecular formula is C10H16O2. The molecule has 2 nitrogen and oxygen atoms in total. The van der Waals surface area contributed by atoms with E-state index in [1.165, 1.54) is 0 Å². The van der Waals surface area contributed by atoms with E-state index in [-0.39, 0.29) is 16.9 Å². The highest BCUT2D eigenvalue weighted by molar-refractivity contribution is 5.67. The highest BCUT2D eigenvalue weighted by Crippen LogP contribution is 2.65. The molecule has 1 heterocycles. The maximum Gasteiger partial charge on any atom is 0.129 e. The lowest BCUT2D eigenvalue weighted by atomic mass is 9.90. The molecule has 0 aromatic rings. The second kappa shape index (κ2) is 2.32. The number of aldehydes is 1. The quantitative estimate of drug-likeness (QED) is 0.587. The summed E-state index contributed by atoms with van der Waals surface area (Å²) in [7, 11) is 0. The number of hydrogen-bond acceptors (Lipinski definition) is 2. The first-order valence-corrected chi connectivity index (χ1v) is 4.70. The van der Waals surface area contributed by atoms with E-state index in [1.807, 2.05) is 0 Å². The van der Waals surface area contributed by atoms with Crippen molar-refractivity contribution in [2.45, 2.75) is 39.2 Å². The average Bonchev–Trinajstić information content (AvgIpc) is 2.52. The van der Waals surface area contributed by atoms with Crippen LogP contribution in [0.15, 0.2) is 0 Å². The zero-order valence-electron chi connectivity index (χ0n) is 7.80. The van der Waals surface area contributed by atoms with Crippen molar-refractivity contribution >= 4 is 6.29 Å². The van der Waals surface area contributed by atoms with Gasteiger partial charge in [0.1, 0.15) is 6.29 Å². The van der Waals surface area contributed by atoms with Crippen molar-refractivity contribution in [3.8, 4) is 0 Å². The standard InChI is InChI=1S/C10H16O2/c1-9(2)6-10(9,7-11)8-4-3-5-12-8/h7-8H,3-6H2,1-2H3. The summed E-state index contributed by atoms with van der Waals surface area (Å²) in [6, 6.07) is 0. The van der Waals surface area contributed by atoms with E-state index in [1.54, 1.807) is 0 Å². The first kappa shape index (κ1) is 8.24. The Hall–Kier alpha value is -0.370. The number of rotatable bonds is 2. The highest BCUT2D eigenvalue weighted by atomic mass is 16.5. The van der Waals surface area contributed by atoms with Gasteiger partial charge in [-0.2, -0.15) is 0 Å². The normalized spacial score (nSPS) is 44.3. The Balaban J connectivity index is 2.15. The summed E-state index contributed by atoms with van der Waals surface area (Å²) in [5, 5.41) is 0. The summed E-state index contributed by atoms with van der Waals surface area (Å²) >= 11 is 0. The van der Waals surface area contributed by atoms with Crippen molar-refractivity contribution in [1.82, 2.24) is 0 Å². The summed E-state index contributed by atoms with van der Waals surface area (Å²) in [6.45, 7) is 5.16. The Kier molecular flexibility index (Phi) is 1.59. The number of ether oxygens (including phenoxy) is 1. The van der Waals surface area contributed by atoms with E-state index in [9.17, 15) is 4.79 Å². The lowest BCUT2D eigenvalue weighted by Crippen LogP contribution is -2.27. The van der Waals surface area contributed by atoms with Gasteiger partial charge in [0.05, 0.1) is 11.5 Å². The van der Waals surface area contributed by atoms with Crippen LogP contribution in [0.1, 0.15) is 33.1 Å². The summed E-state index contributed by atoms with van der Waals surface area (Å²) in [5.74, 6) is 0. The molecule has 0 N–H and O–H groups in total. The molecule has 1 saturated heterocycles. The third-order valence-electron chi connectivity index (χ3n) is 3.58. The highest BCUT2D eigenvalue weighted by Gasteiger charge is 2.66. The van der Waals surface area contributed by atoms with Crippen LogP contribution in [-0.4, -0.2) is 19.0 Å². The first-order chi connectivity index (χ1) is 5.62. The van der Waals surface area contributed by atoms with Crippen molar-refractivity contribution in [2.75, 3.05) is 6.61 Å². The van der Waals surface area contributed by atoms with E-state index in [0.717, 1.165) is 32.2 Å². The SMILES string of the molecule is CC1(C)CC1(C=O)C1CCCO1. The molecule has 68 valence electrons. The second-order valence-electron chi connectivity index (χ2n) is 4.72. The molecule has 1 aliphatic heterocycles. The van der Waals surface area contributed by atoms with Crippen LogP contribution in [0.2, 0.25) is 0 Å². The van der Waals surface area contributed by atoms with Crippen LogP contribution in [0.5, 0.6) is 0 Å². The minimum absolute atomic E-state index is 0.135. The molecule has 0 aromatic carbocycles. The van der Waals surface area contributed by atoms with Gasteiger partial charge in [-0.3, -0.25) is 0 Å². The largest absolute Gasteiger partial charge is 0.377 e. The Morgan fingerprint density at radius 2 is 2.17 bits per heavy atom. The van der Waals surface area contributed by atoms with Crippen molar-refractivity contribution in [3.05, 3.63) is 0 Å². The molecule has 0 amide bonds. The van der Waals surface area contributed by atoms with Crippen molar-refractivity contribution in [2.24, 2.45) is 10.8 Å². The third-order valence-corrected chi connectivity index (χ3v) is 3.58. The van der Waals surface area contributed by atoms with Gasteiger partial charge in [0.25, 0.3) is 0 Å². The molecule has 2 atom stereocenters. The minimum Gasteiger partial charge on any atom is -0.377 e. The fraction of sp³-hybridized carbons (Fsp3) is 0.900. The summed E-state index contributed by atoms with van der Waals surface area (Å²) in [5.41, 5.74) is 0.0489. The van der Waals surface area contributed by atoms with Gasteiger partial charge in [-0.1, -0.05) is 13.8 Å². The fourth-order valence-electron chi connectivity index (χ4n) is 2.50. The fourth-order valence-corrected chi connectivity index (χ4v) is 2.50. The molecule has 0 spiro atoms. The average molecular weight is 168 g/mol. The smallest absolute Gasteiger partial charge is 0.129 e. The molecule has 1 aliphatic carbocycles. The van der Waals surface area contributed by atoms with E-state index in [4.69, 9.17) is 4.74 Å². The Morgan fingerprint density at radius 1 is 1.50 bits per heavy atom. The Labute approximate surface area is 73.3 Å². The zero-order valence-corrected chi connectivity index (χ0v) is 7.80. The summed E-state index contributed by atoms with van der Waals surface area (Å²) < 4.78 is 5.58. The molecule has 1 saturated carbocycles. The van der Waals surface area contributed by atoms with Gasteiger partial charge < -0.3 is 9.53 Å². The third kappa shape index (κ3) is 0.875. The van der Waals surface area contributed by atoms with E-state index < -0.39 is 0 Å². The molecule has 0 aromatic heterocycles. The molecule has 2 rings (SSSR count). The van der Waals surface area contributed by atoms with E-state index >= 15 is 0 Å². The Bertz CT molecular complexity index is 204. The molecule has 2 unspecified atom stereocenters. The van der Waals surface area contributed by atoms with Gasteiger partial charge in [-0.15, -0.1) is 0 Å². The van der Waals surface area contributed by atoms with Crippen LogP contribution < -0.4 is 0 Å². The zero-order chi connectivity index (χ0) is 8.82. The van der Waals surface area contributed by atoms with Crippen LogP contribution in [0.25, 0.3) is 0 Å². The lowest BCUT2D eigenvalue weighted by Gasteiger charge is -2.20. The van der Waals surface area contributed by atoms with Crippen molar-refractivity contribution < 1.29 is 9.53 Å². The van der Waals surface area contributed by atoms with Gasteiger partial charge in [-0.05, 0) is 24.7 Å². The maximum absolute atomic E-state index is 11.0. The maximum atomic E-state index is 11.0. The van der Waals surface area contributed by atoms with Gasteiger partial charge >= 0.3 is 0 Å². The minimum atomic E-state index is -0.135. The monoisotopic (exact) mass is 168 g/mol. The Morgan fingerprint density at radius 3 is 2.50 bits per heavy atom. The molecule has 0 bridgehead atoms. The van der Waals surface area contributed by atoms with Crippen LogP contribution in [0.4, 0.5) is 0 Å². The molecule has 2 fully saturated rings. The van der Waals surface area contributed by atoms with Crippen molar-refractivity contribution in [1.29, 1.82) is 0 Å². The molecular weight excluding hydrogens is 152 g/mol. The van der Waals surface area contributed by atoms with Crippen LogP contribution in [0, 0.1) is 10.8 Å². The number of hydrogen-bond donors (Lipinski definition) is 0. The topological polar surface area (TPSA) is 26.3 Å². The second-order valence-corrected chi connectivity index (χ2v) is 4.72. The van der Waals surface area contributed by atoms with E-state index in [0.29, 0.717) is 0 Å². The van der Waals surface area contributed by atoms with Crippen LogP contribution in [0.3, 0.4) is 0 Å². The summed E-state index contributed by atoms with van der Waals surface area (Å²) in [4.78, 5) is 11.0. The first-order valence-electron chi connectivity index (χ1n) is 4.70. The molecule has 2 heteroatoms. The lowest BCUT2D eigenvalue weighted by molar-refractivity contribution is -0.118. The molecule has 0 radical (unpaired) electrons. The van der Waals surface area contributed by atoms with Gasteiger partial charge in [-0.25, -0.2) is 0 Å². The predicted molar refractivity (Wildman–Crippen MR) is 45.9 cm³/mol. The molecule has 12 heavy (non-hydrogen) atoms. The van der Waals surface area contributed by atoms with Crippen LogP contribution in [-0.2, 0) is 9.53 Å². The predicted octanol–water partition coefficient (Wildman–Crippen LogP) is 1.78. The molecule has 2 aliphatic rings.